The predicted molar refractivity (Wildman–Crippen MR) is 101 cm³/mol. The van der Waals surface area contributed by atoms with Crippen molar-refractivity contribution < 1.29 is 9.53 Å². The van der Waals surface area contributed by atoms with E-state index in [1.807, 2.05) is 58.4 Å². The van der Waals surface area contributed by atoms with E-state index in [2.05, 4.69) is 10.2 Å². The van der Waals surface area contributed by atoms with Crippen molar-refractivity contribution in [2.24, 2.45) is 10.2 Å². The van der Waals surface area contributed by atoms with Gasteiger partial charge < -0.3 is 4.74 Å². The van der Waals surface area contributed by atoms with E-state index < -0.39 is 0 Å². The Balaban J connectivity index is 2.38. The van der Waals surface area contributed by atoms with Gasteiger partial charge in [-0.25, -0.2) is 14.1 Å². The van der Waals surface area contributed by atoms with Crippen LogP contribution in [0, 0.1) is 27.7 Å². The molecule has 2 aromatic rings. The third-order valence-corrected chi connectivity index (χ3v) is 4.15. The van der Waals surface area contributed by atoms with Crippen molar-refractivity contribution in [3.8, 4) is 0 Å². The van der Waals surface area contributed by atoms with Crippen molar-refractivity contribution in [3.63, 3.8) is 0 Å². The smallest absolute Gasteiger partial charge is 0.340 e. The molecule has 6 heteroatoms. The van der Waals surface area contributed by atoms with Gasteiger partial charge in [0, 0.05) is 17.1 Å². The standard InChI is InChI=1S/C19H26N4O2/c1-8-25-19(24)18-11-14(4)23(17(18)7)21-16(6)15(5)20-22-12(2)9-10-13(22)3/h9-11H,8H2,1-7H3/b20-15+,21-16+. The number of rotatable bonds is 5. The van der Waals surface area contributed by atoms with Gasteiger partial charge in [-0.05, 0) is 66.7 Å². The largest absolute Gasteiger partial charge is 0.462 e. The number of aryl methyl sites for hydroxylation is 3. The van der Waals surface area contributed by atoms with E-state index >= 15 is 0 Å². The van der Waals surface area contributed by atoms with E-state index in [0.29, 0.717) is 12.2 Å². The molecule has 0 saturated carbocycles. The molecule has 0 fully saturated rings. The highest BCUT2D eigenvalue weighted by Gasteiger charge is 2.16. The molecule has 134 valence electrons. The maximum atomic E-state index is 12.0. The first-order chi connectivity index (χ1) is 11.8. The van der Waals surface area contributed by atoms with E-state index in [1.54, 1.807) is 17.7 Å². The second-order valence-corrected chi connectivity index (χ2v) is 6.12. The molecule has 0 saturated heterocycles. The van der Waals surface area contributed by atoms with Crippen LogP contribution in [-0.2, 0) is 4.74 Å². The van der Waals surface area contributed by atoms with Crippen molar-refractivity contribution >= 4 is 17.4 Å². The Morgan fingerprint density at radius 2 is 1.48 bits per heavy atom. The zero-order valence-electron chi connectivity index (χ0n) is 16.0. The molecule has 0 aliphatic rings. The monoisotopic (exact) mass is 342 g/mol. The van der Waals surface area contributed by atoms with Gasteiger partial charge in [-0.1, -0.05) is 0 Å². The summed E-state index contributed by atoms with van der Waals surface area (Å²) in [5.41, 5.74) is 5.92. The van der Waals surface area contributed by atoms with Crippen LogP contribution in [0.25, 0.3) is 0 Å². The predicted octanol–water partition coefficient (Wildman–Crippen LogP) is 3.85. The van der Waals surface area contributed by atoms with Crippen molar-refractivity contribution in [3.05, 3.63) is 46.5 Å². The molecule has 0 aliphatic heterocycles. The summed E-state index contributed by atoms with van der Waals surface area (Å²) in [7, 11) is 0. The highest BCUT2D eigenvalue weighted by Crippen LogP contribution is 2.16. The highest BCUT2D eigenvalue weighted by atomic mass is 16.5. The van der Waals surface area contributed by atoms with Crippen LogP contribution in [0.1, 0.15) is 53.9 Å². The maximum Gasteiger partial charge on any atom is 0.340 e. The topological polar surface area (TPSA) is 60.9 Å². The summed E-state index contributed by atoms with van der Waals surface area (Å²) in [4.78, 5) is 12.0. The fourth-order valence-corrected chi connectivity index (χ4v) is 2.59. The summed E-state index contributed by atoms with van der Waals surface area (Å²) in [5, 5.41) is 9.28. The van der Waals surface area contributed by atoms with Crippen molar-refractivity contribution in [1.29, 1.82) is 0 Å². The van der Waals surface area contributed by atoms with Crippen molar-refractivity contribution in [2.45, 2.75) is 48.5 Å². The van der Waals surface area contributed by atoms with E-state index in [4.69, 9.17) is 4.74 Å². The fourth-order valence-electron chi connectivity index (χ4n) is 2.59. The average molecular weight is 342 g/mol. The summed E-state index contributed by atoms with van der Waals surface area (Å²) < 4.78 is 8.75. The first-order valence-electron chi connectivity index (χ1n) is 8.38. The van der Waals surface area contributed by atoms with Gasteiger partial charge in [0.2, 0.25) is 0 Å². The second kappa shape index (κ2) is 7.51. The van der Waals surface area contributed by atoms with Gasteiger partial charge in [-0.3, -0.25) is 0 Å². The highest BCUT2D eigenvalue weighted by molar-refractivity contribution is 6.40. The second-order valence-electron chi connectivity index (χ2n) is 6.12. The molecule has 25 heavy (non-hydrogen) atoms. The molecular weight excluding hydrogens is 316 g/mol. The molecule has 2 aromatic heterocycles. The SMILES string of the molecule is CCOC(=O)c1cc(C)n(/N=C(C)/C(C)=N/n2c(C)ccc2C)c1C. The minimum atomic E-state index is -0.321. The Hall–Kier alpha value is -2.63. The zero-order valence-corrected chi connectivity index (χ0v) is 16.0. The molecule has 0 aliphatic carbocycles. The summed E-state index contributed by atoms with van der Waals surface area (Å²) in [6, 6.07) is 5.87. The van der Waals surface area contributed by atoms with Crippen LogP contribution >= 0.6 is 0 Å². The van der Waals surface area contributed by atoms with Gasteiger partial charge in [0.1, 0.15) is 0 Å². The Morgan fingerprint density at radius 3 is 2.00 bits per heavy atom. The van der Waals surface area contributed by atoms with Crippen molar-refractivity contribution in [2.75, 3.05) is 6.61 Å². The molecular formula is C19H26N4O2. The fraction of sp³-hybridized carbons (Fsp3) is 0.421. The van der Waals surface area contributed by atoms with Gasteiger partial charge in [0.25, 0.3) is 0 Å². The summed E-state index contributed by atoms with van der Waals surface area (Å²) in [5.74, 6) is -0.321. The van der Waals surface area contributed by atoms with Crippen LogP contribution in [0.5, 0.6) is 0 Å². The number of hydrogen-bond acceptors (Lipinski definition) is 4. The zero-order chi connectivity index (χ0) is 18.7. The molecule has 0 amide bonds. The number of esters is 1. The molecule has 0 radical (unpaired) electrons. The summed E-state index contributed by atoms with van der Waals surface area (Å²) in [6.45, 7) is 13.8. The summed E-state index contributed by atoms with van der Waals surface area (Å²) >= 11 is 0. The number of nitrogens with zero attached hydrogens (tertiary/aromatic N) is 4. The quantitative estimate of drug-likeness (QED) is 0.612. The van der Waals surface area contributed by atoms with Crippen LogP contribution in [0.4, 0.5) is 0 Å². The van der Waals surface area contributed by atoms with E-state index in [0.717, 1.165) is 34.2 Å². The normalized spacial score (nSPS) is 12.6. The summed E-state index contributed by atoms with van der Waals surface area (Å²) in [6.07, 6.45) is 0. The van der Waals surface area contributed by atoms with Gasteiger partial charge in [-0.15, -0.1) is 0 Å². The van der Waals surface area contributed by atoms with Crippen LogP contribution in [-0.4, -0.2) is 33.4 Å². The third kappa shape index (κ3) is 3.90. The number of ether oxygens (including phenoxy) is 1. The average Bonchev–Trinajstić information content (AvgIpc) is 3.02. The van der Waals surface area contributed by atoms with Gasteiger partial charge in [0.15, 0.2) is 0 Å². The Kier molecular flexibility index (Phi) is 5.62. The first-order valence-corrected chi connectivity index (χ1v) is 8.38. The van der Waals surface area contributed by atoms with Crippen LogP contribution in [0.15, 0.2) is 28.4 Å². The molecule has 2 heterocycles. The lowest BCUT2D eigenvalue weighted by Gasteiger charge is -2.08. The van der Waals surface area contributed by atoms with Gasteiger partial charge in [-0.2, -0.15) is 10.2 Å². The lowest BCUT2D eigenvalue weighted by atomic mass is 10.2. The Morgan fingerprint density at radius 1 is 0.960 bits per heavy atom. The molecule has 0 aromatic carbocycles. The first kappa shape index (κ1) is 18.7. The van der Waals surface area contributed by atoms with Crippen LogP contribution in [0.3, 0.4) is 0 Å². The van der Waals surface area contributed by atoms with E-state index in [9.17, 15) is 4.79 Å². The van der Waals surface area contributed by atoms with Gasteiger partial charge in [0.05, 0.1) is 29.3 Å². The molecule has 0 unspecified atom stereocenters. The van der Waals surface area contributed by atoms with E-state index in [1.165, 1.54) is 0 Å². The van der Waals surface area contributed by atoms with Crippen molar-refractivity contribution in [1.82, 2.24) is 9.35 Å². The molecule has 0 N–H and O–H groups in total. The lowest BCUT2D eigenvalue weighted by molar-refractivity contribution is 0.0525. The number of aromatic nitrogens is 2. The third-order valence-electron chi connectivity index (χ3n) is 4.15. The minimum absolute atomic E-state index is 0.321. The minimum Gasteiger partial charge on any atom is -0.462 e. The Labute approximate surface area is 148 Å². The number of carbonyl (C=O) groups excluding carboxylic acids is 1. The molecule has 0 spiro atoms. The van der Waals surface area contributed by atoms with E-state index in [-0.39, 0.29) is 5.97 Å². The number of hydrogen-bond donors (Lipinski definition) is 0. The Bertz CT molecular complexity index is 834. The number of carbonyl (C=O) groups is 1. The molecule has 0 atom stereocenters. The molecule has 0 bridgehead atoms. The van der Waals surface area contributed by atoms with Crippen LogP contribution < -0.4 is 0 Å². The van der Waals surface area contributed by atoms with Crippen LogP contribution in [0.2, 0.25) is 0 Å². The van der Waals surface area contributed by atoms with Gasteiger partial charge >= 0.3 is 5.97 Å². The lowest BCUT2D eigenvalue weighted by Crippen LogP contribution is -2.12. The maximum absolute atomic E-state index is 12.0. The molecule has 2 rings (SSSR count). The molecule has 6 nitrogen and oxygen atoms in total.